The number of hydrogen-bond acceptors (Lipinski definition) is 0. The molecule has 1 saturated carbocycles. The van der Waals surface area contributed by atoms with Crippen molar-refractivity contribution in [2.75, 3.05) is 0 Å². The van der Waals surface area contributed by atoms with E-state index in [4.69, 9.17) is 0 Å². The fraction of sp³-hybridized carbons (Fsp3) is 0.565. The third kappa shape index (κ3) is 3.62. The summed E-state index contributed by atoms with van der Waals surface area (Å²) in [6.07, 6.45) is 19.8. The molecular weight excluding hydrogens is 276 g/mol. The van der Waals surface area contributed by atoms with Gasteiger partial charge in [-0.3, -0.25) is 0 Å². The van der Waals surface area contributed by atoms with Crippen LogP contribution in [0.15, 0.2) is 54.6 Å². The average Bonchev–Trinajstić information content (AvgIpc) is 2.63. The summed E-state index contributed by atoms with van der Waals surface area (Å²) in [6, 6.07) is 10.9. The van der Waals surface area contributed by atoms with E-state index in [9.17, 15) is 0 Å². The fourth-order valence-electron chi connectivity index (χ4n) is 4.78. The molecule has 3 rings (SSSR count). The monoisotopic (exact) mass is 308 g/mol. The molecule has 0 heterocycles. The van der Waals surface area contributed by atoms with Crippen molar-refractivity contribution < 1.29 is 0 Å². The molecule has 0 unspecified atom stereocenters. The molecule has 0 radical (unpaired) electrons. The van der Waals surface area contributed by atoms with Crippen molar-refractivity contribution in [2.24, 2.45) is 17.3 Å². The second-order valence-corrected chi connectivity index (χ2v) is 7.63. The molecule has 0 saturated heterocycles. The van der Waals surface area contributed by atoms with E-state index in [0.717, 1.165) is 11.8 Å². The minimum atomic E-state index is 0.322. The van der Waals surface area contributed by atoms with E-state index in [1.807, 2.05) is 0 Å². The first kappa shape index (κ1) is 16.6. The van der Waals surface area contributed by atoms with Gasteiger partial charge in [0.25, 0.3) is 0 Å². The molecule has 23 heavy (non-hydrogen) atoms. The maximum Gasteiger partial charge on any atom is 0.0199 e. The molecule has 0 amide bonds. The Morgan fingerprint density at radius 2 is 1.57 bits per heavy atom. The summed E-state index contributed by atoms with van der Waals surface area (Å²) in [5.74, 6) is 2.32. The molecule has 0 N–H and O–H groups in total. The quantitative estimate of drug-likeness (QED) is 0.519. The Labute approximate surface area is 142 Å². The topological polar surface area (TPSA) is 0 Å². The van der Waals surface area contributed by atoms with Gasteiger partial charge in [-0.15, -0.1) is 0 Å². The summed E-state index contributed by atoms with van der Waals surface area (Å²) in [5, 5.41) is 0. The van der Waals surface area contributed by atoms with Gasteiger partial charge in [-0.2, -0.15) is 0 Å². The summed E-state index contributed by atoms with van der Waals surface area (Å²) in [5.41, 5.74) is 1.74. The van der Waals surface area contributed by atoms with Crippen LogP contribution in [0.1, 0.15) is 70.3 Å². The molecular formula is C23H32. The molecule has 1 fully saturated rings. The molecule has 0 heteroatoms. The van der Waals surface area contributed by atoms with Gasteiger partial charge >= 0.3 is 0 Å². The average molecular weight is 309 g/mol. The van der Waals surface area contributed by atoms with E-state index in [1.165, 1.54) is 50.5 Å². The maximum atomic E-state index is 2.55. The molecule has 0 spiro atoms. The van der Waals surface area contributed by atoms with E-state index >= 15 is 0 Å². The Balaban J connectivity index is 1.68. The van der Waals surface area contributed by atoms with E-state index in [1.54, 1.807) is 0 Å². The summed E-state index contributed by atoms with van der Waals surface area (Å²) in [7, 11) is 0. The lowest BCUT2D eigenvalue weighted by molar-refractivity contribution is 0.170. The van der Waals surface area contributed by atoms with Gasteiger partial charge in [0.15, 0.2) is 0 Å². The summed E-state index contributed by atoms with van der Waals surface area (Å²) in [4.78, 5) is 0. The van der Waals surface area contributed by atoms with Crippen LogP contribution in [0.2, 0.25) is 0 Å². The highest BCUT2D eigenvalue weighted by Gasteiger charge is 2.36. The van der Waals surface area contributed by atoms with Crippen molar-refractivity contribution >= 4 is 0 Å². The van der Waals surface area contributed by atoms with Crippen LogP contribution in [0, 0.1) is 17.3 Å². The van der Waals surface area contributed by atoms with Crippen LogP contribution in [0.5, 0.6) is 0 Å². The first-order chi connectivity index (χ1) is 11.3. The third-order valence-electron chi connectivity index (χ3n) is 6.33. The zero-order chi connectivity index (χ0) is 16.1. The van der Waals surface area contributed by atoms with Crippen molar-refractivity contribution in [1.82, 2.24) is 0 Å². The van der Waals surface area contributed by atoms with E-state index in [-0.39, 0.29) is 0 Å². The smallest absolute Gasteiger partial charge is 0.0199 e. The van der Waals surface area contributed by atoms with Gasteiger partial charge in [-0.25, -0.2) is 0 Å². The van der Waals surface area contributed by atoms with Crippen molar-refractivity contribution in [3.63, 3.8) is 0 Å². The summed E-state index contributed by atoms with van der Waals surface area (Å²) in [6.45, 7) is 4.70. The van der Waals surface area contributed by atoms with Crippen LogP contribution < -0.4 is 0 Å². The first-order valence-corrected chi connectivity index (χ1v) is 9.71. The fourth-order valence-corrected chi connectivity index (χ4v) is 4.78. The molecule has 0 aliphatic heterocycles. The molecule has 2 aliphatic carbocycles. The zero-order valence-electron chi connectivity index (χ0n) is 14.9. The van der Waals surface area contributed by atoms with Gasteiger partial charge < -0.3 is 0 Å². The number of hydrogen-bond donors (Lipinski definition) is 0. The summed E-state index contributed by atoms with van der Waals surface area (Å²) < 4.78 is 0. The zero-order valence-corrected chi connectivity index (χ0v) is 14.9. The van der Waals surface area contributed by atoms with Gasteiger partial charge in [0.05, 0.1) is 0 Å². The van der Waals surface area contributed by atoms with Gasteiger partial charge in [0, 0.05) is 11.3 Å². The van der Waals surface area contributed by atoms with Crippen molar-refractivity contribution in [2.45, 2.75) is 64.7 Å². The Bertz CT molecular complexity index is 514. The highest BCUT2D eigenvalue weighted by Crippen LogP contribution is 2.47. The molecule has 2 aliphatic rings. The number of rotatable bonds is 5. The van der Waals surface area contributed by atoms with Crippen LogP contribution in [0.4, 0.5) is 0 Å². The molecule has 124 valence electrons. The van der Waals surface area contributed by atoms with Crippen molar-refractivity contribution in [1.29, 1.82) is 0 Å². The molecule has 0 nitrogen and oxygen atoms in total. The van der Waals surface area contributed by atoms with Crippen molar-refractivity contribution in [3.8, 4) is 0 Å². The molecule has 0 atom stereocenters. The van der Waals surface area contributed by atoms with Gasteiger partial charge in [-0.1, -0.05) is 94.2 Å². The van der Waals surface area contributed by atoms with Gasteiger partial charge in [-0.05, 0) is 36.7 Å². The molecule has 0 aromatic heterocycles. The summed E-state index contributed by atoms with van der Waals surface area (Å²) >= 11 is 0. The second kappa shape index (κ2) is 7.51. The molecule has 1 aromatic carbocycles. The lowest BCUT2D eigenvalue weighted by Gasteiger charge is -2.42. The second-order valence-electron chi connectivity index (χ2n) is 7.63. The van der Waals surface area contributed by atoms with Crippen LogP contribution >= 0.6 is 0 Å². The highest BCUT2D eigenvalue weighted by atomic mass is 14.4. The lowest BCUT2D eigenvalue weighted by Crippen LogP contribution is -2.31. The molecule has 0 bridgehead atoms. The Morgan fingerprint density at radius 1 is 0.913 bits per heavy atom. The minimum absolute atomic E-state index is 0.322. The largest absolute Gasteiger partial charge is 0.0774 e. The Kier molecular flexibility index (Phi) is 5.41. The Morgan fingerprint density at radius 3 is 2.13 bits per heavy atom. The lowest BCUT2D eigenvalue weighted by atomic mass is 9.63. The van der Waals surface area contributed by atoms with Gasteiger partial charge in [0.2, 0.25) is 0 Å². The number of allylic oxidation sites excluding steroid dienone is 4. The van der Waals surface area contributed by atoms with Crippen LogP contribution in [-0.4, -0.2) is 0 Å². The normalized spacial score (nSPS) is 33.7. The first-order valence-electron chi connectivity index (χ1n) is 9.71. The predicted octanol–water partition coefficient (Wildman–Crippen LogP) is 6.90. The van der Waals surface area contributed by atoms with Crippen molar-refractivity contribution in [3.05, 3.63) is 60.2 Å². The SMILES string of the molecule is CCC[C@H]1CC[C@H](C2(CC)C=CC(c3ccccc3)C=C2)CC1. The number of benzene rings is 1. The molecule has 1 aromatic rings. The van der Waals surface area contributed by atoms with Crippen LogP contribution in [0.3, 0.4) is 0 Å². The third-order valence-corrected chi connectivity index (χ3v) is 6.33. The highest BCUT2D eigenvalue weighted by molar-refractivity contribution is 5.34. The minimum Gasteiger partial charge on any atom is -0.0774 e. The van der Waals surface area contributed by atoms with Crippen LogP contribution in [0.25, 0.3) is 0 Å². The Hall–Kier alpha value is -1.30. The maximum absolute atomic E-state index is 2.55. The van der Waals surface area contributed by atoms with Crippen LogP contribution in [-0.2, 0) is 0 Å². The van der Waals surface area contributed by atoms with E-state index in [2.05, 4.69) is 68.5 Å². The van der Waals surface area contributed by atoms with E-state index in [0.29, 0.717) is 11.3 Å². The van der Waals surface area contributed by atoms with E-state index < -0.39 is 0 Å². The predicted molar refractivity (Wildman–Crippen MR) is 101 cm³/mol. The van der Waals surface area contributed by atoms with Gasteiger partial charge in [0.1, 0.15) is 0 Å². The standard InChI is InChI=1S/C23H32/c1-3-8-19-11-13-22(14-12-19)23(4-2)17-15-21(16-18-23)20-9-6-5-7-10-20/h5-7,9-10,15-19,21-22H,3-4,8,11-14H2,1-2H3/t19-,21?,22-,23?.